The van der Waals surface area contributed by atoms with E-state index >= 15 is 0 Å². The highest BCUT2D eigenvalue weighted by molar-refractivity contribution is 5.93. The molecule has 110 valence electrons. The summed E-state index contributed by atoms with van der Waals surface area (Å²) in [7, 11) is 0. The van der Waals surface area contributed by atoms with Gasteiger partial charge in [-0.05, 0) is 37.1 Å². The van der Waals surface area contributed by atoms with Gasteiger partial charge in [0.2, 0.25) is 0 Å². The van der Waals surface area contributed by atoms with E-state index < -0.39 is 6.10 Å². The van der Waals surface area contributed by atoms with Crippen LogP contribution in [-0.2, 0) is 0 Å². The molecular formula is C16H16FNO3. The zero-order valence-electron chi connectivity index (χ0n) is 11.6. The van der Waals surface area contributed by atoms with Crippen molar-refractivity contribution >= 4 is 5.91 Å². The van der Waals surface area contributed by atoms with E-state index in [9.17, 15) is 14.3 Å². The summed E-state index contributed by atoms with van der Waals surface area (Å²) in [4.78, 5) is 14.1. The van der Waals surface area contributed by atoms with E-state index in [2.05, 4.69) is 0 Å². The number of carbonyl (C=O) groups is 1. The van der Waals surface area contributed by atoms with E-state index in [1.54, 1.807) is 30.0 Å². The average molecular weight is 289 g/mol. The minimum Gasteiger partial charge on any atom is -0.459 e. The fourth-order valence-electron chi connectivity index (χ4n) is 2.79. The van der Waals surface area contributed by atoms with Crippen molar-refractivity contribution in [2.75, 3.05) is 6.54 Å². The molecule has 3 rings (SSSR count). The molecule has 2 aromatic rings. The lowest BCUT2D eigenvalue weighted by Crippen LogP contribution is -2.32. The second-order valence-electron chi connectivity index (χ2n) is 5.35. The van der Waals surface area contributed by atoms with Gasteiger partial charge in [-0.2, -0.15) is 0 Å². The average Bonchev–Trinajstić information content (AvgIpc) is 3.04. The Hall–Kier alpha value is -2.14. The second kappa shape index (κ2) is 5.33. The topological polar surface area (TPSA) is 53.7 Å². The molecule has 0 radical (unpaired) electrons. The second-order valence-corrected chi connectivity index (χ2v) is 5.35. The molecule has 1 fully saturated rings. The zero-order chi connectivity index (χ0) is 15.0. The van der Waals surface area contributed by atoms with Crippen LogP contribution < -0.4 is 0 Å². The fraction of sp³-hybridized carbons (Fsp3) is 0.312. The predicted molar refractivity (Wildman–Crippen MR) is 74.2 cm³/mol. The number of nitrogens with zero attached hydrogens (tertiary/aromatic N) is 1. The van der Waals surface area contributed by atoms with Crippen molar-refractivity contribution in [3.63, 3.8) is 0 Å². The Morgan fingerprint density at radius 1 is 1.43 bits per heavy atom. The van der Waals surface area contributed by atoms with Crippen molar-refractivity contribution in [2.45, 2.75) is 25.5 Å². The minimum atomic E-state index is -0.613. The molecular weight excluding hydrogens is 273 g/mol. The van der Waals surface area contributed by atoms with E-state index in [1.807, 2.05) is 0 Å². The molecule has 5 heteroatoms. The van der Waals surface area contributed by atoms with Crippen molar-refractivity contribution in [3.8, 4) is 0 Å². The minimum absolute atomic E-state index is 0.222. The van der Waals surface area contributed by atoms with Crippen LogP contribution in [0, 0.1) is 12.7 Å². The van der Waals surface area contributed by atoms with Crippen molar-refractivity contribution in [3.05, 3.63) is 59.3 Å². The van der Waals surface area contributed by atoms with E-state index in [4.69, 9.17) is 4.42 Å². The van der Waals surface area contributed by atoms with E-state index in [-0.39, 0.29) is 30.1 Å². The van der Waals surface area contributed by atoms with Crippen LogP contribution in [0.4, 0.5) is 4.39 Å². The molecule has 0 unspecified atom stereocenters. The Kier molecular flexibility index (Phi) is 3.51. The van der Waals surface area contributed by atoms with Gasteiger partial charge in [0, 0.05) is 12.1 Å². The van der Waals surface area contributed by atoms with Gasteiger partial charge < -0.3 is 14.4 Å². The number of hydrogen-bond acceptors (Lipinski definition) is 3. The lowest BCUT2D eigenvalue weighted by Gasteiger charge is -2.24. The van der Waals surface area contributed by atoms with Gasteiger partial charge in [0.05, 0.1) is 18.4 Å². The van der Waals surface area contributed by atoms with Crippen LogP contribution in [0.15, 0.2) is 41.0 Å². The lowest BCUT2D eigenvalue weighted by atomic mass is 10.0. The number of aryl methyl sites for hydroxylation is 1. The Morgan fingerprint density at radius 3 is 2.90 bits per heavy atom. The number of furan rings is 1. The summed E-state index contributed by atoms with van der Waals surface area (Å²) in [6.45, 7) is 2.01. The summed E-state index contributed by atoms with van der Waals surface area (Å²) < 4.78 is 18.6. The number of β-amino-alcohol motifs (C(OH)–C–C–N with tert-alkyl or cyclic N) is 1. The van der Waals surface area contributed by atoms with Gasteiger partial charge in [-0.15, -0.1) is 0 Å². The van der Waals surface area contributed by atoms with Gasteiger partial charge >= 0.3 is 0 Å². The van der Waals surface area contributed by atoms with Gasteiger partial charge in [-0.3, -0.25) is 4.79 Å². The molecule has 0 bridgehead atoms. The van der Waals surface area contributed by atoms with Crippen molar-refractivity contribution in [2.24, 2.45) is 0 Å². The maximum atomic E-state index is 13.4. The Bertz CT molecular complexity index is 667. The molecule has 1 aliphatic rings. The largest absolute Gasteiger partial charge is 0.459 e. The molecule has 1 amide bonds. The number of benzene rings is 1. The number of likely N-dealkylation sites (tertiary alicyclic amines) is 1. The van der Waals surface area contributed by atoms with Crippen LogP contribution in [0.5, 0.6) is 0 Å². The Labute approximate surface area is 121 Å². The van der Waals surface area contributed by atoms with Crippen molar-refractivity contribution < 1.29 is 18.7 Å². The normalized spacial score (nSPS) is 21.8. The van der Waals surface area contributed by atoms with E-state index in [0.29, 0.717) is 12.0 Å². The molecule has 21 heavy (non-hydrogen) atoms. The number of aliphatic hydroxyl groups is 1. The first-order chi connectivity index (χ1) is 10.1. The van der Waals surface area contributed by atoms with Crippen LogP contribution >= 0.6 is 0 Å². The quantitative estimate of drug-likeness (QED) is 0.924. The van der Waals surface area contributed by atoms with Crippen molar-refractivity contribution in [1.82, 2.24) is 4.90 Å². The maximum Gasteiger partial charge on any atom is 0.290 e. The molecule has 1 aromatic heterocycles. The summed E-state index contributed by atoms with van der Waals surface area (Å²) in [6, 6.07) is 7.51. The first-order valence-electron chi connectivity index (χ1n) is 6.85. The highest BCUT2D eigenvalue weighted by Gasteiger charge is 2.37. The molecule has 1 aliphatic heterocycles. The third-order valence-corrected chi connectivity index (χ3v) is 3.83. The van der Waals surface area contributed by atoms with Crippen LogP contribution in [-0.4, -0.2) is 28.6 Å². The van der Waals surface area contributed by atoms with Gasteiger partial charge in [0.1, 0.15) is 5.82 Å². The number of halogens is 1. The molecule has 4 nitrogen and oxygen atoms in total. The molecule has 1 aromatic carbocycles. The van der Waals surface area contributed by atoms with Gasteiger partial charge in [0.25, 0.3) is 5.91 Å². The number of aliphatic hydroxyl groups excluding tert-OH is 1. The van der Waals surface area contributed by atoms with Gasteiger partial charge in [-0.25, -0.2) is 4.39 Å². The number of amides is 1. The molecule has 0 spiro atoms. The first kappa shape index (κ1) is 13.8. The van der Waals surface area contributed by atoms with E-state index in [1.165, 1.54) is 18.4 Å². The highest BCUT2D eigenvalue weighted by atomic mass is 19.1. The number of carbonyl (C=O) groups excluding carboxylic acids is 1. The maximum absolute atomic E-state index is 13.4. The SMILES string of the molecule is Cc1ccoc1C(=O)N1C[C@H](O)C[C@H]1c1cccc(F)c1. The zero-order valence-corrected chi connectivity index (χ0v) is 11.6. The van der Waals surface area contributed by atoms with Crippen LogP contribution in [0.2, 0.25) is 0 Å². The van der Waals surface area contributed by atoms with Crippen LogP contribution in [0.25, 0.3) is 0 Å². The molecule has 2 heterocycles. The summed E-state index contributed by atoms with van der Waals surface area (Å²) in [6.07, 6.45) is 1.25. The van der Waals surface area contributed by atoms with E-state index in [0.717, 1.165) is 5.56 Å². The summed E-state index contributed by atoms with van der Waals surface area (Å²) >= 11 is 0. The predicted octanol–water partition coefficient (Wildman–Crippen LogP) is 2.68. The summed E-state index contributed by atoms with van der Waals surface area (Å²) in [5.41, 5.74) is 1.43. The Balaban J connectivity index is 1.93. The third-order valence-electron chi connectivity index (χ3n) is 3.83. The van der Waals surface area contributed by atoms with Crippen LogP contribution in [0.1, 0.15) is 34.1 Å². The lowest BCUT2D eigenvalue weighted by molar-refractivity contribution is 0.0682. The molecule has 0 saturated carbocycles. The van der Waals surface area contributed by atoms with Gasteiger partial charge in [0.15, 0.2) is 5.76 Å². The Morgan fingerprint density at radius 2 is 2.24 bits per heavy atom. The third kappa shape index (κ3) is 2.56. The first-order valence-corrected chi connectivity index (χ1v) is 6.85. The summed E-state index contributed by atoms with van der Waals surface area (Å²) in [5, 5.41) is 9.90. The highest BCUT2D eigenvalue weighted by Crippen LogP contribution is 2.34. The van der Waals surface area contributed by atoms with Gasteiger partial charge in [-0.1, -0.05) is 12.1 Å². The molecule has 1 saturated heterocycles. The molecule has 1 N–H and O–H groups in total. The fourth-order valence-corrected chi connectivity index (χ4v) is 2.79. The molecule has 0 aliphatic carbocycles. The summed E-state index contributed by atoms with van der Waals surface area (Å²) in [5.74, 6) is -0.357. The van der Waals surface area contributed by atoms with Crippen molar-refractivity contribution in [1.29, 1.82) is 0 Å². The molecule has 2 atom stereocenters. The monoisotopic (exact) mass is 289 g/mol. The smallest absolute Gasteiger partial charge is 0.290 e. The number of hydrogen-bond donors (Lipinski definition) is 1. The van der Waals surface area contributed by atoms with Crippen LogP contribution in [0.3, 0.4) is 0 Å². The number of rotatable bonds is 2. The standard InChI is InChI=1S/C16H16FNO3/c1-10-5-6-21-15(10)16(20)18-9-13(19)8-14(18)11-3-2-4-12(17)7-11/h2-7,13-14,19H,8-9H2,1H3/t13-,14+/m1/s1.